The summed E-state index contributed by atoms with van der Waals surface area (Å²) in [6.45, 7) is 1.43. The molecule has 30 heavy (non-hydrogen) atoms. The van der Waals surface area contributed by atoms with Crippen LogP contribution in [0.3, 0.4) is 0 Å². The van der Waals surface area contributed by atoms with Gasteiger partial charge in [-0.1, -0.05) is 36.4 Å². The molecule has 0 aliphatic carbocycles. The third-order valence-electron chi connectivity index (χ3n) is 4.60. The zero-order valence-corrected chi connectivity index (χ0v) is 15.9. The van der Waals surface area contributed by atoms with E-state index >= 15 is 0 Å². The molecule has 0 saturated heterocycles. The zero-order chi connectivity index (χ0) is 21.3. The number of hydrogen-bond donors (Lipinski definition) is 1. The fraction of sp³-hybridized carbons (Fsp3) is 0.0455. The number of nitro benzene ring substituents is 1. The van der Waals surface area contributed by atoms with Crippen LogP contribution < -0.4 is 5.32 Å². The van der Waals surface area contributed by atoms with Crippen LogP contribution in [0.5, 0.6) is 0 Å². The number of amides is 1. The number of nitro groups is 1. The summed E-state index contributed by atoms with van der Waals surface area (Å²) in [5.74, 6) is -0.700. The summed E-state index contributed by atoms with van der Waals surface area (Å²) in [4.78, 5) is 35.0. The van der Waals surface area contributed by atoms with Gasteiger partial charge >= 0.3 is 0 Å². The summed E-state index contributed by atoms with van der Waals surface area (Å²) in [5.41, 5.74) is 2.57. The van der Waals surface area contributed by atoms with Gasteiger partial charge in [0.15, 0.2) is 0 Å². The van der Waals surface area contributed by atoms with Crippen LogP contribution in [0, 0.1) is 10.1 Å². The largest absolute Gasteiger partial charge is 0.322 e. The third-order valence-corrected chi connectivity index (χ3v) is 4.60. The molecule has 148 valence electrons. The molecule has 0 saturated carbocycles. The number of aromatic nitrogens is 2. The molecule has 8 heteroatoms. The van der Waals surface area contributed by atoms with Gasteiger partial charge in [0.25, 0.3) is 11.6 Å². The Morgan fingerprint density at radius 2 is 1.77 bits per heavy atom. The van der Waals surface area contributed by atoms with Crippen LogP contribution in [0.15, 0.2) is 72.8 Å². The van der Waals surface area contributed by atoms with Gasteiger partial charge in [0.2, 0.25) is 5.91 Å². The van der Waals surface area contributed by atoms with Gasteiger partial charge in [0.05, 0.1) is 10.4 Å². The Morgan fingerprint density at radius 3 is 2.47 bits per heavy atom. The highest BCUT2D eigenvalue weighted by Gasteiger charge is 2.17. The van der Waals surface area contributed by atoms with Crippen LogP contribution in [-0.4, -0.2) is 26.5 Å². The number of carbonyl (C=O) groups excluding carboxylic acids is 2. The van der Waals surface area contributed by atoms with Gasteiger partial charge in [-0.2, -0.15) is 9.78 Å². The summed E-state index contributed by atoms with van der Waals surface area (Å²) in [5, 5.41) is 18.8. The minimum absolute atomic E-state index is 0.160. The van der Waals surface area contributed by atoms with Crippen molar-refractivity contribution in [3.05, 3.63) is 88.5 Å². The Bertz CT molecular complexity index is 1300. The van der Waals surface area contributed by atoms with E-state index in [1.165, 1.54) is 35.9 Å². The van der Waals surface area contributed by atoms with Crippen LogP contribution in [-0.2, 0) is 0 Å². The first-order valence-corrected chi connectivity index (χ1v) is 9.09. The summed E-state index contributed by atoms with van der Waals surface area (Å²) in [7, 11) is 0. The normalized spacial score (nSPS) is 10.7. The predicted molar refractivity (Wildman–Crippen MR) is 113 cm³/mol. The zero-order valence-electron chi connectivity index (χ0n) is 15.9. The molecule has 0 spiro atoms. The van der Waals surface area contributed by atoms with Gasteiger partial charge in [0, 0.05) is 41.3 Å². The van der Waals surface area contributed by atoms with Crippen molar-refractivity contribution < 1.29 is 14.5 Å². The average Bonchev–Trinajstić information content (AvgIpc) is 3.13. The number of anilines is 1. The van der Waals surface area contributed by atoms with Gasteiger partial charge in [-0.05, 0) is 24.3 Å². The molecule has 4 rings (SSSR count). The Hall–Kier alpha value is -4.33. The van der Waals surface area contributed by atoms with E-state index in [-0.39, 0.29) is 17.2 Å². The summed E-state index contributed by atoms with van der Waals surface area (Å²) >= 11 is 0. The molecule has 0 bridgehead atoms. The van der Waals surface area contributed by atoms with Crippen LogP contribution in [0.2, 0.25) is 0 Å². The topological polar surface area (TPSA) is 107 Å². The van der Waals surface area contributed by atoms with Crippen LogP contribution >= 0.6 is 0 Å². The van der Waals surface area contributed by atoms with Crippen molar-refractivity contribution in [3.63, 3.8) is 0 Å². The quantitative estimate of drug-likeness (QED) is 0.400. The fourth-order valence-corrected chi connectivity index (χ4v) is 3.21. The lowest BCUT2D eigenvalue weighted by molar-refractivity contribution is -0.384. The molecule has 3 aromatic carbocycles. The molecule has 0 atom stereocenters. The molecule has 1 aromatic heterocycles. The Balaban J connectivity index is 1.74. The predicted octanol–water partition coefficient (Wildman–Crippen LogP) is 4.52. The number of nitrogens with zero attached hydrogens (tertiary/aromatic N) is 3. The number of fused-ring (bicyclic) bond motifs is 1. The summed E-state index contributed by atoms with van der Waals surface area (Å²) < 4.78 is 1.32. The average molecular weight is 400 g/mol. The van der Waals surface area contributed by atoms with E-state index in [4.69, 9.17) is 0 Å². The first-order chi connectivity index (χ1) is 14.4. The van der Waals surface area contributed by atoms with Crippen molar-refractivity contribution >= 4 is 34.1 Å². The molecular weight excluding hydrogens is 384 g/mol. The number of non-ortho nitro benzene ring substituents is 1. The number of nitrogens with one attached hydrogen (secondary N) is 1. The maximum absolute atomic E-state index is 12.6. The van der Waals surface area contributed by atoms with Gasteiger partial charge in [-0.25, -0.2) is 0 Å². The van der Waals surface area contributed by atoms with Crippen molar-refractivity contribution in [2.45, 2.75) is 6.92 Å². The molecule has 0 aliphatic heterocycles. The smallest absolute Gasteiger partial charge is 0.270 e. The van der Waals surface area contributed by atoms with Crippen molar-refractivity contribution in [2.24, 2.45) is 0 Å². The van der Waals surface area contributed by atoms with Gasteiger partial charge < -0.3 is 5.32 Å². The van der Waals surface area contributed by atoms with Crippen molar-refractivity contribution in [3.8, 4) is 11.3 Å². The monoisotopic (exact) mass is 400 g/mol. The van der Waals surface area contributed by atoms with Gasteiger partial charge in [-0.3, -0.25) is 19.7 Å². The fourth-order valence-electron chi connectivity index (χ4n) is 3.21. The number of hydrogen-bond acceptors (Lipinski definition) is 5. The van der Waals surface area contributed by atoms with Crippen LogP contribution in [0.25, 0.3) is 22.2 Å². The first kappa shape index (κ1) is 19.0. The summed E-state index contributed by atoms with van der Waals surface area (Å²) in [6.07, 6.45) is 0. The van der Waals surface area contributed by atoms with Crippen molar-refractivity contribution in [2.75, 3.05) is 5.32 Å². The maximum atomic E-state index is 12.6. The number of carbonyl (C=O) groups is 2. The molecule has 8 nitrogen and oxygen atoms in total. The van der Waals surface area contributed by atoms with E-state index in [0.29, 0.717) is 22.3 Å². The standard InChI is InChI=1S/C22H16N4O4/c1-14(27)25-20-11-10-17(13-19(20)21(24-25)15-6-3-2-4-7-15)23-22(28)16-8-5-9-18(12-16)26(29)30/h2-13H,1H3,(H,23,28). The molecule has 0 unspecified atom stereocenters. The molecular formula is C22H16N4O4. The lowest BCUT2D eigenvalue weighted by atomic mass is 10.1. The highest BCUT2D eigenvalue weighted by atomic mass is 16.6. The second-order valence-corrected chi connectivity index (χ2v) is 6.64. The maximum Gasteiger partial charge on any atom is 0.270 e. The second kappa shape index (κ2) is 7.59. The lowest BCUT2D eigenvalue weighted by Gasteiger charge is -2.06. The van der Waals surface area contributed by atoms with E-state index < -0.39 is 10.8 Å². The number of benzene rings is 3. The SMILES string of the molecule is CC(=O)n1nc(-c2ccccc2)c2cc(NC(=O)c3cccc([N+](=O)[O-])c3)ccc21. The van der Waals surface area contributed by atoms with E-state index in [1.807, 2.05) is 30.3 Å². The Labute approximate surface area is 170 Å². The molecule has 0 radical (unpaired) electrons. The molecule has 4 aromatic rings. The molecule has 0 fully saturated rings. The van der Waals surface area contributed by atoms with Crippen LogP contribution in [0.4, 0.5) is 11.4 Å². The highest BCUT2D eigenvalue weighted by Crippen LogP contribution is 2.30. The Morgan fingerprint density at radius 1 is 1.00 bits per heavy atom. The van der Waals surface area contributed by atoms with E-state index in [0.717, 1.165) is 5.56 Å². The molecule has 1 amide bonds. The highest BCUT2D eigenvalue weighted by molar-refractivity contribution is 6.07. The minimum Gasteiger partial charge on any atom is -0.322 e. The van der Waals surface area contributed by atoms with Gasteiger partial charge in [0.1, 0.15) is 5.69 Å². The summed E-state index contributed by atoms with van der Waals surface area (Å²) in [6, 6.07) is 20.0. The van der Waals surface area contributed by atoms with E-state index in [9.17, 15) is 19.7 Å². The van der Waals surface area contributed by atoms with Crippen LogP contribution in [0.1, 0.15) is 22.1 Å². The third kappa shape index (κ3) is 3.53. The van der Waals surface area contributed by atoms with Crippen molar-refractivity contribution in [1.29, 1.82) is 0 Å². The number of rotatable bonds is 4. The van der Waals surface area contributed by atoms with Gasteiger partial charge in [-0.15, -0.1) is 0 Å². The molecule has 1 heterocycles. The first-order valence-electron chi connectivity index (χ1n) is 9.09. The lowest BCUT2D eigenvalue weighted by Crippen LogP contribution is -2.12. The Kier molecular flexibility index (Phi) is 4.81. The minimum atomic E-state index is -0.550. The van der Waals surface area contributed by atoms with Crippen molar-refractivity contribution in [1.82, 2.24) is 9.78 Å². The van der Waals surface area contributed by atoms with E-state index in [2.05, 4.69) is 10.4 Å². The second-order valence-electron chi connectivity index (χ2n) is 6.64. The molecule has 1 N–H and O–H groups in total. The molecule has 0 aliphatic rings. The van der Waals surface area contributed by atoms with E-state index in [1.54, 1.807) is 18.2 Å².